The van der Waals surface area contributed by atoms with Crippen LogP contribution in [0.4, 0.5) is 17.6 Å². The SMILES string of the molecule is Fc1ccc(-c2nc(-c3nc4ccc(C(F)(F)F)cc4o3)cs2)o1. The van der Waals surface area contributed by atoms with Crippen molar-refractivity contribution < 1.29 is 26.4 Å². The highest BCUT2D eigenvalue weighted by molar-refractivity contribution is 7.13. The van der Waals surface area contributed by atoms with Crippen molar-refractivity contribution in [3.63, 3.8) is 0 Å². The van der Waals surface area contributed by atoms with E-state index in [2.05, 4.69) is 9.97 Å². The normalized spacial score (nSPS) is 12.2. The fourth-order valence-electron chi connectivity index (χ4n) is 2.12. The average molecular weight is 354 g/mol. The number of thiazole rings is 1. The number of aromatic nitrogens is 2. The standard InChI is InChI=1S/C15H6F4N2O2S/c16-12-4-3-10(22-12)14-21-9(6-24-14)13-20-8-2-1-7(15(17,18)19)5-11(8)23-13/h1-6H. The van der Waals surface area contributed by atoms with Crippen molar-refractivity contribution >= 4 is 22.4 Å². The van der Waals surface area contributed by atoms with Crippen LogP contribution in [0.2, 0.25) is 0 Å². The molecule has 0 saturated carbocycles. The molecule has 0 aliphatic heterocycles. The molecular weight excluding hydrogens is 348 g/mol. The van der Waals surface area contributed by atoms with Crippen LogP contribution in [0.1, 0.15) is 5.56 Å². The average Bonchev–Trinajstić information content (AvgIpc) is 3.23. The summed E-state index contributed by atoms with van der Waals surface area (Å²) in [6.45, 7) is 0. The maximum absolute atomic E-state index is 12.9. The third-order valence-electron chi connectivity index (χ3n) is 3.22. The molecule has 0 atom stereocenters. The number of hydrogen-bond acceptors (Lipinski definition) is 5. The van der Waals surface area contributed by atoms with E-state index in [4.69, 9.17) is 8.83 Å². The predicted molar refractivity (Wildman–Crippen MR) is 77.8 cm³/mol. The molecule has 9 heteroatoms. The quantitative estimate of drug-likeness (QED) is 0.454. The number of oxazole rings is 1. The van der Waals surface area contributed by atoms with E-state index < -0.39 is 17.8 Å². The molecule has 0 radical (unpaired) electrons. The zero-order chi connectivity index (χ0) is 16.9. The number of alkyl halides is 3. The Morgan fingerprint density at radius 2 is 1.83 bits per heavy atom. The van der Waals surface area contributed by atoms with E-state index in [0.717, 1.165) is 18.2 Å². The van der Waals surface area contributed by atoms with Crippen LogP contribution in [0.25, 0.3) is 33.5 Å². The fourth-order valence-corrected chi connectivity index (χ4v) is 2.88. The molecule has 0 spiro atoms. The van der Waals surface area contributed by atoms with Crippen LogP contribution in [0, 0.1) is 6.01 Å². The van der Waals surface area contributed by atoms with Crippen molar-refractivity contribution in [1.29, 1.82) is 0 Å². The van der Waals surface area contributed by atoms with E-state index in [1.807, 2.05) is 0 Å². The second kappa shape index (κ2) is 5.17. The second-order valence-corrected chi connectivity index (χ2v) is 5.70. The van der Waals surface area contributed by atoms with Gasteiger partial charge in [0.15, 0.2) is 16.4 Å². The fraction of sp³-hybridized carbons (Fsp3) is 0.0667. The van der Waals surface area contributed by atoms with Gasteiger partial charge in [-0.15, -0.1) is 11.3 Å². The Hall–Kier alpha value is -2.68. The number of rotatable bonds is 2. The zero-order valence-electron chi connectivity index (χ0n) is 11.6. The van der Waals surface area contributed by atoms with Crippen LogP contribution < -0.4 is 0 Å². The highest BCUT2D eigenvalue weighted by Crippen LogP contribution is 2.34. The number of furan rings is 1. The lowest BCUT2D eigenvalue weighted by molar-refractivity contribution is -0.137. The van der Waals surface area contributed by atoms with Gasteiger partial charge in [-0.2, -0.15) is 17.6 Å². The van der Waals surface area contributed by atoms with Crippen molar-refractivity contribution in [2.24, 2.45) is 0 Å². The molecule has 3 aromatic heterocycles. The summed E-state index contributed by atoms with van der Waals surface area (Å²) in [5.41, 5.74) is -0.186. The van der Waals surface area contributed by atoms with Crippen LogP contribution in [-0.2, 0) is 6.18 Å². The molecule has 0 saturated heterocycles. The minimum atomic E-state index is -4.46. The van der Waals surface area contributed by atoms with E-state index >= 15 is 0 Å². The number of fused-ring (bicyclic) bond motifs is 1. The Kier molecular flexibility index (Phi) is 3.20. The molecule has 0 aliphatic carbocycles. The Bertz CT molecular complexity index is 1030. The summed E-state index contributed by atoms with van der Waals surface area (Å²) in [7, 11) is 0. The summed E-state index contributed by atoms with van der Waals surface area (Å²) in [6.07, 6.45) is -4.46. The van der Waals surface area contributed by atoms with E-state index in [-0.39, 0.29) is 22.8 Å². The maximum Gasteiger partial charge on any atom is 0.416 e. The van der Waals surface area contributed by atoms with Gasteiger partial charge in [0, 0.05) is 11.4 Å². The molecule has 0 N–H and O–H groups in total. The third-order valence-corrected chi connectivity index (χ3v) is 4.08. The molecule has 4 aromatic rings. The van der Waals surface area contributed by atoms with Gasteiger partial charge in [-0.05, 0) is 24.3 Å². The van der Waals surface area contributed by atoms with Crippen LogP contribution in [0.3, 0.4) is 0 Å². The van der Waals surface area contributed by atoms with Gasteiger partial charge in [0.05, 0.1) is 5.56 Å². The topological polar surface area (TPSA) is 52.1 Å². The van der Waals surface area contributed by atoms with Crippen LogP contribution in [0.5, 0.6) is 0 Å². The molecule has 0 fully saturated rings. The summed E-state index contributed by atoms with van der Waals surface area (Å²) < 4.78 is 61.3. The van der Waals surface area contributed by atoms with Gasteiger partial charge in [-0.1, -0.05) is 0 Å². The summed E-state index contributed by atoms with van der Waals surface area (Å²) in [5.74, 6) is 0.332. The van der Waals surface area contributed by atoms with Crippen molar-refractivity contribution in [2.75, 3.05) is 0 Å². The molecule has 24 heavy (non-hydrogen) atoms. The van der Waals surface area contributed by atoms with Crippen LogP contribution in [-0.4, -0.2) is 9.97 Å². The molecule has 0 aliphatic rings. The molecule has 1 aromatic carbocycles. The molecule has 4 nitrogen and oxygen atoms in total. The van der Waals surface area contributed by atoms with Gasteiger partial charge in [-0.3, -0.25) is 0 Å². The molecular formula is C15H6F4N2O2S. The summed E-state index contributed by atoms with van der Waals surface area (Å²) in [6, 6.07) is 4.92. The molecule has 0 unspecified atom stereocenters. The van der Waals surface area contributed by atoms with Crippen molar-refractivity contribution in [3.8, 4) is 22.4 Å². The van der Waals surface area contributed by atoms with Crippen molar-refractivity contribution in [2.45, 2.75) is 6.18 Å². The van der Waals surface area contributed by atoms with E-state index in [0.29, 0.717) is 10.7 Å². The summed E-state index contributed by atoms with van der Waals surface area (Å²) in [4.78, 5) is 8.33. The highest BCUT2D eigenvalue weighted by atomic mass is 32.1. The molecule has 0 amide bonds. The number of hydrogen-bond donors (Lipinski definition) is 0. The predicted octanol–water partition coefficient (Wildman–Crippen LogP) is 5.37. The van der Waals surface area contributed by atoms with Gasteiger partial charge in [0.25, 0.3) is 6.01 Å². The minimum Gasteiger partial charge on any atom is -0.435 e. The highest BCUT2D eigenvalue weighted by Gasteiger charge is 2.31. The number of halogens is 4. The Balaban J connectivity index is 1.73. The van der Waals surface area contributed by atoms with Crippen LogP contribution >= 0.6 is 11.3 Å². The lowest BCUT2D eigenvalue weighted by atomic mass is 10.2. The van der Waals surface area contributed by atoms with Crippen LogP contribution in [0.15, 0.2) is 44.5 Å². The lowest BCUT2D eigenvalue weighted by Crippen LogP contribution is -2.03. The second-order valence-electron chi connectivity index (χ2n) is 4.84. The monoisotopic (exact) mass is 354 g/mol. The first-order valence-corrected chi connectivity index (χ1v) is 7.47. The maximum atomic E-state index is 12.9. The number of nitrogens with zero attached hydrogens (tertiary/aromatic N) is 2. The third kappa shape index (κ3) is 2.56. The van der Waals surface area contributed by atoms with E-state index in [1.54, 1.807) is 5.38 Å². The molecule has 122 valence electrons. The zero-order valence-corrected chi connectivity index (χ0v) is 12.4. The van der Waals surface area contributed by atoms with Gasteiger partial charge in [0.1, 0.15) is 11.2 Å². The van der Waals surface area contributed by atoms with Crippen molar-refractivity contribution in [1.82, 2.24) is 9.97 Å². The molecule has 4 rings (SSSR count). The minimum absolute atomic E-state index is 0.0124. The van der Waals surface area contributed by atoms with Gasteiger partial charge < -0.3 is 8.83 Å². The van der Waals surface area contributed by atoms with Gasteiger partial charge in [0.2, 0.25) is 5.89 Å². The molecule has 0 bridgehead atoms. The van der Waals surface area contributed by atoms with E-state index in [1.165, 1.54) is 23.5 Å². The first-order valence-electron chi connectivity index (χ1n) is 6.59. The number of benzene rings is 1. The smallest absolute Gasteiger partial charge is 0.416 e. The lowest BCUT2D eigenvalue weighted by Gasteiger charge is -2.04. The molecule has 3 heterocycles. The first kappa shape index (κ1) is 14.9. The largest absolute Gasteiger partial charge is 0.435 e. The Labute approximate surface area is 135 Å². The Morgan fingerprint density at radius 1 is 1.00 bits per heavy atom. The van der Waals surface area contributed by atoms with Gasteiger partial charge in [-0.25, -0.2) is 9.97 Å². The van der Waals surface area contributed by atoms with Gasteiger partial charge >= 0.3 is 6.18 Å². The summed E-state index contributed by atoms with van der Waals surface area (Å²) in [5, 5.41) is 2.01. The Morgan fingerprint density at radius 3 is 2.54 bits per heavy atom. The first-order chi connectivity index (χ1) is 11.4. The summed E-state index contributed by atoms with van der Waals surface area (Å²) >= 11 is 1.18. The van der Waals surface area contributed by atoms with Crippen molar-refractivity contribution in [3.05, 3.63) is 47.3 Å². The van der Waals surface area contributed by atoms with E-state index in [9.17, 15) is 17.6 Å².